The summed E-state index contributed by atoms with van der Waals surface area (Å²) in [7, 11) is 0. The van der Waals surface area contributed by atoms with E-state index in [4.69, 9.17) is 0 Å². The fourth-order valence-electron chi connectivity index (χ4n) is 7.13. The molecular formula is C23H30N4O4. The van der Waals surface area contributed by atoms with Crippen LogP contribution in [0.2, 0.25) is 0 Å². The van der Waals surface area contributed by atoms with E-state index >= 15 is 0 Å². The topological polar surface area (TPSA) is 105 Å². The largest absolute Gasteiger partial charge is 0.366 e. The number of nitrogens with one attached hydrogen (secondary N) is 2. The third-order valence-corrected chi connectivity index (χ3v) is 7.90. The maximum absolute atomic E-state index is 12.6. The van der Waals surface area contributed by atoms with Crippen LogP contribution in [0.3, 0.4) is 0 Å². The summed E-state index contributed by atoms with van der Waals surface area (Å²) in [6.45, 7) is 1.57. The molecule has 1 aromatic carbocycles. The van der Waals surface area contributed by atoms with Gasteiger partial charge in [0.05, 0.1) is 4.92 Å². The Kier molecular flexibility index (Phi) is 5.10. The summed E-state index contributed by atoms with van der Waals surface area (Å²) in [6, 6.07) is 4.52. The van der Waals surface area contributed by atoms with Crippen LogP contribution >= 0.6 is 0 Å². The zero-order valence-corrected chi connectivity index (χ0v) is 17.8. The second-order valence-corrected chi connectivity index (χ2v) is 10.3. The van der Waals surface area contributed by atoms with Crippen LogP contribution < -0.4 is 15.8 Å². The van der Waals surface area contributed by atoms with Crippen molar-refractivity contribution in [2.45, 2.75) is 57.8 Å². The van der Waals surface area contributed by atoms with E-state index in [0.29, 0.717) is 12.1 Å². The molecule has 1 saturated heterocycles. The molecule has 8 nitrogen and oxygen atoms in total. The van der Waals surface area contributed by atoms with Crippen molar-refractivity contribution < 1.29 is 14.5 Å². The van der Waals surface area contributed by atoms with Gasteiger partial charge in [-0.1, -0.05) is 0 Å². The molecular weight excluding hydrogens is 396 g/mol. The molecule has 8 heteroatoms. The second kappa shape index (κ2) is 7.80. The minimum absolute atomic E-state index is 0.0746. The number of hydrogen-bond acceptors (Lipinski definition) is 5. The zero-order valence-electron chi connectivity index (χ0n) is 17.8. The summed E-state index contributed by atoms with van der Waals surface area (Å²) in [4.78, 5) is 38.3. The normalized spacial score (nSPS) is 31.0. The first-order valence-corrected chi connectivity index (χ1v) is 11.5. The number of nitrogens with zero attached hydrogens (tertiary/aromatic N) is 2. The first-order chi connectivity index (χ1) is 14.9. The van der Waals surface area contributed by atoms with Gasteiger partial charge in [-0.2, -0.15) is 0 Å². The molecule has 166 valence electrons. The summed E-state index contributed by atoms with van der Waals surface area (Å²) in [5, 5.41) is 11.5. The van der Waals surface area contributed by atoms with Crippen molar-refractivity contribution in [3.63, 3.8) is 0 Å². The third-order valence-electron chi connectivity index (χ3n) is 7.90. The molecule has 1 aliphatic heterocycles. The lowest BCUT2D eigenvalue weighted by Gasteiger charge is -2.56. The SMILES string of the molecule is O=C(CC12CC3CC(CC(C3)C1)C2)NNC(=O)c1ccc(N2CCCC2)c([N+](=O)[O-])c1. The molecule has 2 N–H and O–H groups in total. The maximum atomic E-state index is 12.6. The van der Waals surface area contributed by atoms with Crippen molar-refractivity contribution in [3.8, 4) is 0 Å². The van der Waals surface area contributed by atoms with Gasteiger partial charge < -0.3 is 4.90 Å². The molecule has 2 amide bonds. The van der Waals surface area contributed by atoms with E-state index in [9.17, 15) is 19.7 Å². The van der Waals surface area contributed by atoms with Gasteiger partial charge in [0.2, 0.25) is 5.91 Å². The highest BCUT2D eigenvalue weighted by atomic mass is 16.6. The highest BCUT2D eigenvalue weighted by Gasteiger charge is 2.51. The molecule has 31 heavy (non-hydrogen) atoms. The molecule has 4 aliphatic carbocycles. The van der Waals surface area contributed by atoms with Crippen molar-refractivity contribution in [3.05, 3.63) is 33.9 Å². The number of carbonyl (C=O) groups is 2. The van der Waals surface area contributed by atoms with E-state index in [-0.39, 0.29) is 22.6 Å². The van der Waals surface area contributed by atoms with E-state index < -0.39 is 10.8 Å². The highest BCUT2D eigenvalue weighted by molar-refractivity contribution is 5.96. The van der Waals surface area contributed by atoms with Crippen molar-refractivity contribution in [2.24, 2.45) is 23.2 Å². The van der Waals surface area contributed by atoms with Crippen LogP contribution in [0.5, 0.6) is 0 Å². The van der Waals surface area contributed by atoms with Crippen molar-refractivity contribution in [1.29, 1.82) is 0 Å². The van der Waals surface area contributed by atoms with Crippen LogP contribution in [-0.4, -0.2) is 29.8 Å². The summed E-state index contributed by atoms with van der Waals surface area (Å²) in [5.41, 5.74) is 5.76. The Balaban J connectivity index is 1.21. The smallest absolute Gasteiger partial charge is 0.293 e. The average Bonchev–Trinajstić information content (AvgIpc) is 3.25. The second-order valence-electron chi connectivity index (χ2n) is 10.3. The molecule has 4 bridgehead atoms. The minimum Gasteiger partial charge on any atom is -0.366 e. The fourth-order valence-corrected chi connectivity index (χ4v) is 7.13. The van der Waals surface area contributed by atoms with Crippen LogP contribution in [0.15, 0.2) is 18.2 Å². The average molecular weight is 427 g/mol. The van der Waals surface area contributed by atoms with Gasteiger partial charge in [-0.3, -0.25) is 30.6 Å². The molecule has 4 saturated carbocycles. The standard InChI is InChI=1S/C23H30N4O4/c28-21(14-23-11-15-7-16(12-23)9-17(8-15)13-23)24-25-22(29)18-3-4-19(20(10-18)27(30)31)26-5-1-2-6-26/h3-4,10,15-17H,1-2,5-9,11-14H2,(H,24,28)(H,25,29). The molecule has 1 aromatic rings. The van der Waals surface area contributed by atoms with Gasteiger partial charge in [0.1, 0.15) is 5.69 Å². The Morgan fingerprint density at radius 2 is 1.65 bits per heavy atom. The van der Waals surface area contributed by atoms with Crippen LogP contribution in [-0.2, 0) is 4.79 Å². The van der Waals surface area contributed by atoms with Gasteiger partial charge in [0.25, 0.3) is 11.6 Å². The predicted molar refractivity (Wildman–Crippen MR) is 115 cm³/mol. The number of nitro groups is 1. The minimum atomic E-state index is -0.532. The summed E-state index contributed by atoms with van der Waals surface area (Å²) in [6.07, 6.45) is 9.83. The van der Waals surface area contributed by atoms with Crippen LogP contribution in [0.4, 0.5) is 11.4 Å². The lowest BCUT2D eigenvalue weighted by molar-refractivity contribution is -0.384. The summed E-state index contributed by atoms with van der Waals surface area (Å²) in [5.74, 6) is 1.60. The van der Waals surface area contributed by atoms with Crippen molar-refractivity contribution in [1.82, 2.24) is 10.9 Å². The van der Waals surface area contributed by atoms with Gasteiger partial charge in [-0.15, -0.1) is 0 Å². The number of hydrogen-bond donors (Lipinski definition) is 2. The van der Waals surface area contributed by atoms with E-state index in [1.165, 1.54) is 25.3 Å². The van der Waals surface area contributed by atoms with Gasteiger partial charge in [-0.05, 0) is 86.7 Å². The van der Waals surface area contributed by atoms with Gasteiger partial charge in [0, 0.05) is 31.1 Å². The van der Waals surface area contributed by atoms with E-state index in [0.717, 1.165) is 62.9 Å². The number of benzene rings is 1. The van der Waals surface area contributed by atoms with Gasteiger partial charge in [-0.25, -0.2) is 0 Å². The van der Waals surface area contributed by atoms with E-state index in [1.807, 2.05) is 4.90 Å². The fraction of sp³-hybridized carbons (Fsp3) is 0.652. The lowest BCUT2D eigenvalue weighted by Crippen LogP contribution is -2.50. The predicted octanol–water partition coefficient (Wildman–Crippen LogP) is 3.56. The zero-order chi connectivity index (χ0) is 21.6. The Bertz CT molecular complexity index is 874. The van der Waals surface area contributed by atoms with E-state index in [2.05, 4.69) is 10.9 Å². The quantitative estimate of drug-likeness (QED) is 0.553. The van der Waals surface area contributed by atoms with Gasteiger partial charge in [0.15, 0.2) is 0 Å². The van der Waals surface area contributed by atoms with Crippen molar-refractivity contribution >= 4 is 23.2 Å². The van der Waals surface area contributed by atoms with Gasteiger partial charge >= 0.3 is 0 Å². The lowest BCUT2D eigenvalue weighted by atomic mass is 9.49. The third kappa shape index (κ3) is 4.00. The number of hydrazine groups is 1. The molecule has 0 unspecified atom stereocenters. The number of anilines is 1. The number of amides is 2. The Morgan fingerprint density at radius 1 is 1.03 bits per heavy atom. The molecule has 0 radical (unpaired) electrons. The summed E-state index contributed by atoms with van der Waals surface area (Å²) >= 11 is 0. The molecule has 0 aromatic heterocycles. The number of nitro benzene ring substituents is 1. The maximum Gasteiger partial charge on any atom is 0.293 e. The molecule has 0 spiro atoms. The molecule has 0 atom stereocenters. The molecule has 5 fully saturated rings. The molecule has 1 heterocycles. The molecule has 6 rings (SSSR count). The van der Waals surface area contributed by atoms with Crippen LogP contribution in [0.1, 0.15) is 68.1 Å². The van der Waals surface area contributed by atoms with Crippen LogP contribution in [0, 0.1) is 33.3 Å². The first kappa shape index (κ1) is 20.3. The monoisotopic (exact) mass is 426 g/mol. The first-order valence-electron chi connectivity index (χ1n) is 11.5. The Hall–Kier alpha value is -2.64. The van der Waals surface area contributed by atoms with Crippen LogP contribution in [0.25, 0.3) is 0 Å². The molecule has 5 aliphatic rings. The van der Waals surface area contributed by atoms with E-state index in [1.54, 1.807) is 12.1 Å². The number of carbonyl (C=O) groups excluding carboxylic acids is 2. The Labute approximate surface area is 181 Å². The summed E-state index contributed by atoms with van der Waals surface area (Å²) < 4.78 is 0. The number of rotatable bonds is 5. The van der Waals surface area contributed by atoms with Crippen molar-refractivity contribution in [2.75, 3.05) is 18.0 Å². The highest BCUT2D eigenvalue weighted by Crippen LogP contribution is 2.61. The Morgan fingerprint density at radius 3 is 2.23 bits per heavy atom.